The van der Waals surface area contributed by atoms with Gasteiger partial charge in [-0.1, -0.05) is 12.1 Å². The number of nitrogens with one attached hydrogen (secondary N) is 1. The molecule has 0 heterocycles. The number of halogens is 2. The zero-order valence-corrected chi connectivity index (χ0v) is 11.9. The zero-order chi connectivity index (χ0) is 13.8. The van der Waals surface area contributed by atoms with Crippen molar-refractivity contribution in [1.29, 1.82) is 0 Å². The number of anilines is 1. The molecule has 19 heavy (non-hydrogen) atoms. The Hall–Kier alpha value is -1.75. The van der Waals surface area contributed by atoms with Gasteiger partial charge in [-0.15, -0.1) is 0 Å². The van der Waals surface area contributed by atoms with E-state index < -0.39 is 5.82 Å². The van der Waals surface area contributed by atoms with Crippen LogP contribution in [0.2, 0.25) is 0 Å². The molecule has 0 radical (unpaired) electrons. The number of hydrogen-bond donors (Lipinski definition) is 2. The summed E-state index contributed by atoms with van der Waals surface area (Å²) in [4.78, 5) is 0. The van der Waals surface area contributed by atoms with Crippen molar-refractivity contribution in [2.75, 3.05) is 12.4 Å². The highest BCUT2D eigenvalue weighted by molar-refractivity contribution is 9.10. The highest BCUT2D eigenvalue weighted by atomic mass is 79.9. The van der Waals surface area contributed by atoms with Crippen LogP contribution in [0.3, 0.4) is 0 Å². The molecule has 5 heteroatoms. The lowest BCUT2D eigenvalue weighted by atomic mass is 10.2. The van der Waals surface area contributed by atoms with Crippen molar-refractivity contribution >= 4 is 21.6 Å². The number of benzene rings is 2. The van der Waals surface area contributed by atoms with Gasteiger partial charge in [0, 0.05) is 22.6 Å². The van der Waals surface area contributed by atoms with Crippen molar-refractivity contribution in [2.24, 2.45) is 0 Å². The third-order valence-corrected chi connectivity index (χ3v) is 3.40. The number of methoxy groups -OCH3 is 1. The summed E-state index contributed by atoms with van der Waals surface area (Å²) >= 11 is 3.41. The maximum absolute atomic E-state index is 13.2. The lowest BCUT2D eigenvalue weighted by molar-refractivity contribution is 0.415. The summed E-state index contributed by atoms with van der Waals surface area (Å²) in [6.45, 7) is 0.315. The van der Waals surface area contributed by atoms with Crippen molar-refractivity contribution < 1.29 is 14.2 Å². The van der Waals surface area contributed by atoms with Crippen LogP contribution in [-0.4, -0.2) is 12.2 Å². The second kappa shape index (κ2) is 5.93. The van der Waals surface area contributed by atoms with Gasteiger partial charge in [0.25, 0.3) is 0 Å². The number of phenols is 1. The van der Waals surface area contributed by atoms with E-state index in [-0.39, 0.29) is 5.75 Å². The van der Waals surface area contributed by atoms with Gasteiger partial charge in [0.1, 0.15) is 5.75 Å². The van der Waals surface area contributed by atoms with Gasteiger partial charge in [0.15, 0.2) is 11.6 Å². The molecule has 0 amide bonds. The molecule has 0 aliphatic rings. The molecule has 0 spiro atoms. The zero-order valence-electron chi connectivity index (χ0n) is 10.3. The Morgan fingerprint density at radius 3 is 2.84 bits per heavy atom. The van der Waals surface area contributed by atoms with E-state index in [1.54, 1.807) is 19.2 Å². The summed E-state index contributed by atoms with van der Waals surface area (Å²) in [6.07, 6.45) is 0. The van der Waals surface area contributed by atoms with Crippen LogP contribution in [0.25, 0.3) is 0 Å². The molecule has 0 saturated heterocycles. The summed E-state index contributed by atoms with van der Waals surface area (Å²) in [6, 6.07) is 9.95. The molecule has 0 fully saturated rings. The molecule has 0 aromatic heterocycles. The maximum atomic E-state index is 13.2. The lowest BCUT2D eigenvalue weighted by Crippen LogP contribution is -2.01. The summed E-state index contributed by atoms with van der Waals surface area (Å²) in [5, 5.41) is 12.7. The number of rotatable bonds is 4. The van der Waals surface area contributed by atoms with Gasteiger partial charge in [-0.2, -0.15) is 0 Å². The van der Waals surface area contributed by atoms with Crippen LogP contribution in [0.15, 0.2) is 40.9 Å². The average Bonchev–Trinajstić information content (AvgIpc) is 2.42. The summed E-state index contributed by atoms with van der Waals surface area (Å²) < 4.78 is 19.2. The first-order valence-electron chi connectivity index (χ1n) is 5.65. The minimum absolute atomic E-state index is 0.315. The topological polar surface area (TPSA) is 41.5 Å². The van der Waals surface area contributed by atoms with Crippen LogP contribution in [0.5, 0.6) is 11.5 Å². The average molecular weight is 326 g/mol. The van der Waals surface area contributed by atoms with Gasteiger partial charge in [0.2, 0.25) is 0 Å². The Kier molecular flexibility index (Phi) is 4.27. The minimum Gasteiger partial charge on any atom is -0.505 e. The predicted octanol–water partition coefficient (Wildman–Crippen LogP) is 3.91. The Morgan fingerprint density at radius 2 is 2.11 bits per heavy atom. The van der Waals surface area contributed by atoms with Crippen LogP contribution in [0, 0.1) is 5.82 Å². The number of hydrogen-bond acceptors (Lipinski definition) is 3. The molecule has 2 N–H and O–H groups in total. The van der Waals surface area contributed by atoms with Gasteiger partial charge in [-0.3, -0.25) is 0 Å². The molecule has 100 valence electrons. The summed E-state index contributed by atoms with van der Waals surface area (Å²) in [5.41, 5.74) is 1.30. The molecule has 0 aliphatic carbocycles. The van der Waals surface area contributed by atoms with Crippen LogP contribution < -0.4 is 10.1 Å². The van der Waals surface area contributed by atoms with E-state index in [0.717, 1.165) is 10.2 Å². The Balaban J connectivity index is 2.16. The quantitative estimate of drug-likeness (QED) is 0.895. The first-order chi connectivity index (χ1) is 9.11. The molecule has 0 atom stereocenters. The summed E-state index contributed by atoms with van der Waals surface area (Å²) in [5.74, 6) is -0.229. The second-order valence-corrected chi connectivity index (χ2v) is 4.80. The third-order valence-electron chi connectivity index (χ3n) is 2.71. The minimum atomic E-state index is -0.621. The van der Waals surface area contributed by atoms with Crippen molar-refractivity contribution in [3.05, 3.63) is 52.3 Å². The SMILES string of the molecule is COc1ccc(Br)c(NCc2cccc(F)c2O)c1. The molecule has 2 aromatic carbocycles. The van der Waals surface area contributed by atoms with Crippen LogP contribution in [0.1, 0.15) is 5.56 Å². The lowest BCUT2D eigenvalue weighted by Gasteiger charge is -2.11. The van der Waals surface area contributed by atoms with Gasteiger partial charge in [0.05, 0.1) is 12.8 Å². The van der Waals surface area contributed by atoms with E-state index in [1.165, 1.54) is 6.07 Å². The Labute approximate surface area is 119 Å². The predicted molar refractivity (Wildman–Crippen MR) is 76.1 cm³/mol. The van der Waals surface area contributed by atoms with E-state index in [1.807, 2.05) is 18.2 Å². The molecule has 0 saturated carbocycles. The van der Waals surface area contributed by atoms with Crippen molar-refractivity contribution in [1.82, 2.24) is 0 Å². The van der Waals surface area contributed by atoms with Crippen molar-refractivity contribution in [3.63, 3.8) is 0 Å². The highest BCUT2D eigenvalue weighted by Crippen LogP contribution is 2.28. The highest BCUT2D eigenvalue weighted by Gasteiger charge is 2.07. The number of para-hydroxylation sites is 1. The molecule has 0 aliphatic heterocycles. The molecule has 0 unspecified atom stereocenters. The fourth-order valence-corrected chi connectivity index (χ4v) is 2.05. The molecule has 3 nitrogen and oxygen atoms in total. The Morgan fingerprint density at radius 1 is 1.32 bits per heavy atom. The van der Waals surface area contributed by atoms with E-state index >= 15 is 0 Å². The van der Waals surface area contributed by atoms with Gasteiger partial charge in [-0.05, 0) is 34.1 Å². The van der Waals surface area contributed by atoms with Gasteiger partial charge < -0.3 is 15.2 Å². The monoisotopic (exact) mass is 325 g/mol. The van der Waals surface area contributed by atoms with E-state index in [9.17, 15) is 9.50 Å². The van der Waals surface area contributed by atoms with Gasteiger partial charge in [-0.25, -0.2) is 4.39 Å². The van der Waals surface area contributed by atoms with Crippen LogP contribution in [0.4, 0.5) is 10.1 Å². The number of phenolic OH excluding ortho intramolecular Hbond substituents is 1. The largest absolute Gasteiger partial charge is 0.505 e. The second-order valence-electron chi connectivity index (χ2n) is 3.95. The third kappa shape index (κ3) is 3.17. The van der Waals surface area contributed by atoms with E-state index in [0.29, 0.717) is 17.9 Å². The van der Waals surface area contributed by atoms with Crippen molar-refractivity contribution in [2.45, 2.75) is 6.54 Å². The summed E-state index contributed by atoms with van der Waals surface area (Å²) in [7, 11) is 1.59. The smallest absolute Gasteiger partial charge is 0.165 e. The van der Waals surface area contributed by atoms with E-state index in [4.69, 9.17) is 4.74 Å². The number of aromatic hydroxyl groups is 1. The van der Waals surface area contributed by atoms with E-state index in [2.05, 4.69) is 21.2 Å². The van der Waals surface area contributed by atoms with Gasteiger partial charge >= 0.3 is 0 Å². The molecule has 0 bridgehead atoms. The normalized spacial score (nSPS) is 10.3. The molecule has 2 aromatic rings. The molecule has 2 rings (SSSR count). The van der Waals surface area contributed by atoms with Crippen LogP contribution >= 0.6 is 15.9 Å². The number of ether oxygens (including phenoxy) is 1. The van der Waals surface area contributed by atoms with Crippen LogP contribution in [-0.2, 0) is 6.54 Å². The fourth-order valence-electron chi connectivity index (χ4n) is 1.66. The first kappa shape index (κ1) is 13.7. The standard InChI is InChI=1S/C14H13BrFNO2/c1-19-10-5-6-11(15)13(7-10)17-8-9-3-2-4-12(16)14(9)18/h2-7,17-18H,8H2,1H3. The first-order valence-corrected chi connectivity index (χ1v) is 6.45. The molecular formula is C14H13BrFNO2. The maximum Gasteiger partial charge on any atom is 0.165 e. The fraction of sp³-hybridized carbons (Fsp3) is 0.143. The Bertz CT molecular complexity index is 590. The molecular weight excluding hydrogens is 313 g/mol. The van der Waals surface area contributed by atoms with Crippen molar-refractivity contribution in [3.8, 4) is 11.5 Å².